The van der Waals surface area contributed by atoms with E-state index in [1.165, 1.54) is 0 Å². The zero-order valence-electron chi connectivity index (χ0n) is 25.5. The number of nitrogens with zero attached hydrogens (tertiary/aromatic N) is 1. The highest BCUT2D eigenvalue weighted by Crippen LogP contribution is 2.49. The Morgan fingerprint density at radius 2 is 1.82 bits per heavy atom. The van der Waals surface area contributed by atoms with E-state index in [2.05, 4.69) is 23.3 Å². The molecule has 14 heteroatoms. The van der Waals surface area contributed by atoms with Crippen LogP contribution in [0.4, 0.5) is 4.39 Å². The van der Waals surface area contributed by atoms with Gasteiger partial charge < -0.3 is 24.8 Å². The summed E-state index contributed by atoms with van der Waals surface area (Å²) in [6.45, 7) is 6.48. The maximum atomic E-state index is 13.3. The lowest BCUT2D eigenvalue weighted by Gasteiger charge is -2.20. The molecule has 2 fully saturated rings. The van der Waals surface area contributed by atoms with Gasteiger partial charge in [0, 0.05) is 31.0 Å². The summed E-state index contributed by atoms with van der Waals surface area (Å²) in [5, 5.41) is 5.42. The zero-order valence-corrected chi connectivity index (χ0v) is 25.5. The summed E-state index contributed by atoms with van der Waals surface area (Å²) in [4.78, 5) is 73.0. The highest BCUT2D eigenvalue weighted by molar-refractivity contribution is 5.91. The smallest absolute Gasteiger partial charge is 0.334 e. The third-order valence-corrected chi connectivity index (χ3v) is 8.44. The van der Waals surface area contributed by atoms with Crippen LogP contribution >= 0.6 is 0 Å². The fourth-order valence-electron chi connectivity index (χ4n) is 5.67. The fraction of sp³-hybridized carbons (Fsp3) is 0.613. The number of aromatic amines is 1. The van der Waals surface area contributed by atoms with Crippen LogP contribution in [0.1, 0.15) is 71.1 Å². The molecule has 4 rings (SSSR count). The van der Waals surface area contributed by atoms with Crippen molar-refractivity contribution in [2.75, 3.05) is 19.7 Å². The molecule has 45 heavy (non-hydrogen) atoms. The van der Waals surface area contributed by atoms with E-state index in [0.717, 1.165) is 42.2 Å². The molecule has 0 radical (unpaired) electrons. The maximum absolute atomic E-state index is 13.3. The molecule has 13 nitrogen and oxygen atoms in total. The number of fused-ring (bicyclic) bond motifs is 3. The normalized spacial score (nSPS) is 25.2. The standard InChI is InChI=1S/C31H41FN4O9/c1-19-21-10-9-20(8-7-13-31(2)27(45-31)26(21)44-29(19)41)18-43-25(39)12-11-23(37)33-14-5-3-4-6-15-34-24(38)17-36-16-22(32)28(40)35-30(36)42/h8,16,21,26-27H,1,3-7,9-15,17-18H2,2H3,(H,33,37)(H,34,38)(H,35,40,42)/b20-8+/t21-,26-,27-,31+/m0/s1. The van der Waals surface area contributed by atoms with Crippen LogP contribution in [0.3, 0.4) is 0 Å². The van der Waals surface area contributed by atoms with Crippen LogP contribution in [0, 0.1) is 11.7 Å². The van der Waals surface area contributed by atoms with Crippen molar-refractivity contribution in [1.82, 2.24) is 20.2 Å². The van der Waals surface area contributed by atoms with Crippen molar-refractivity contribution in [1.29, 1.82) is 0 Å². The second-order valence-corrected chi connectivity index (χ2v) is 11.9. The molecule has 4 atom stereocenters. The molecule has 2 amide bonds. The molecule has 1 aliphatic carbocycles. The molecule has 0 spiro atoms. The fourth-order valence-corrected chi connectivity index (χ4v) is 5.67. The van der Waals surface area contributed by atoms with Crippen molar-refractivity contribution >= 4 is 23.8 Å². The minimum absolute atomic E-state index is 0.0202. The lowest BCUT2D eigenvalue weighted by atomic mass is 9.84. The number of hydrogen-bond donors (Lipinski definition) is 3. The SMILES string of the molecule is C=C1C(=O)O[C@H]2[C@H]1CC/C(COC(=O)CCC(=O)NCCCCCCNC(=O)Cn1cc(F)c(=O)[nH]c1=O)=C\CC[C@@]1(C)O[C@@H]21. The molecule has 2 aliphatic heterocycles. The predicted molar refractivity (Wildman–Crippen MR) is 158 cm³/mol. The molecule has 3 aliphatic rings. The molecule has 2 saturated heterocycles. The molecule has 3 heterocycles. The minimum atomic E-state index is -1.15. The Labute approximate surface area is 259 Å². The van der Waals surface area contributed by atoms with Crippen LogP contribution in [0.15, 0.2) is 39.6 Å². The summed E-state index contributed by atoms with van der Waals surface area (Å²) in [5.74, 6) is -2.84. The Morgan fingerprint density at radius 1 is 1.11 bits per heavy atom. The van der Waals surface area contributed by atoms with Gasteiger partial charge in [-0.05, 0) is 51.0 Å². The summed E-state index contributed by atoms with van der Waals surface area (Å²) >= 11 is 0. The van der Waals surface area contributed by atoms with Crippen molar-refractivity contribution in [3.63, 3.8) is 0 Å². The third-order valence-electron chi connectivity index (χ3n) is 8.44. The van der Waals surface area contributed by atoms with Gasteiger partial charge in [0.1, 0.15) is 25.4 Å². The number of amides is 2. The number of aromatic nitrogens is 2. The van der Waals surface area contributed by atoms with Gasteiger partial charge in [-0.15, -0.1) is 0 Å². The van der Waals surface area contributed by atoms with Crippen LogP contribution in [-0.4, -0.2) is 70.8 Å². The van der Waals surface area contributed by atoms with Gasteiger partial charge >= 0.3 is 17.6 Å². The van der Waals surface area contributed by atoms with Crippen molar-refractivity contribution < 1.29 is 37.8 Å². The van der Waals surface area contributed by atoms with Gasteiger partial charge in [0.15, 0.2) is 0 Å². The van der Waals surface area contributed by atoms with E-state index in [4.69, 9.17) is 14.2 Å². The zero-order chi connectivity index (χ0) is 32.6. The first-order valence-corrected chi connectivity index (χ1v) is 15.4. The van der Waals surface area contributed by atoms with Crippen molar-refractivity contribution in [2.24, 2.45) is 5.92 Å². The number of allylic oxidation sites excluding steroid dienone is 1. The average Bonchev–Trinajstić information content (AvgIpc) is 3.59. The molecule has 1 aromatic rings. The van der Waals surface area contributed by atoms with E-state index < -0.39 is 35.5 Å². The summed E-state index contributed by atoms with van der Waals surface area (Å²) in [7, 11) is 0. The number of ether oxygens (including phenoxy) is 3. The minimum Gasteiger partial charge on any atom is -0.461 e. The van der Waals surface area contributed by atoms with Crippen molar-refractivity contribution in [3.05, 3.63) is 56.7 Å². The first-order chi connectivity index (χ1) is 21.5. The number of nitrogens with one attached hydrogen (secondary N) is 3. The average molecular weight is 633 g/mol. The van der Waals surface area contributed by atoms with Gasteiger partial charge in [-0.2, -0.15) is 4.39 Å². The molecule has 3 N–H and O–H groups in total. The largest absolute Gasteiger partial charge is 0.461 e. The Morgan fingerprint density at radius 3 is 2.56 bits per heavy atom. The third kappa shape index (κ3) is 9.46. The Kier molecular flexibility index (Phi) is 11.5. The number of esters is 2. The second-order valence-electron chi connectivity index (χ2n) is 11.9. The number of epoxide rings is 1. The topological polar surface area (TPSA) is 178 Å². The van der Waals surface area contributed by atoms with E-state index in [9.17, 15) is 33.2 Å². The first-order valence-electron chi connectivity index (χ1n) is 15.4. The van der Waals surface area contributed by atoms with Gasteiger partial charge in [0.2, 0.25) is 17.6 Å². The molecule has 246 valence electrons. The second kappa shape index (κ2) is 15.3. The molecule has 0 unspecified atom stereocenters. The van der Waals surface area contributed by atoms with Crippen LogP contribution < -0.4 is 21.9 Å². The molecule has 0 saturated carbocycles. The first kappa shape index (κ1) is 33.8. The summed E-state index contributed by atoms with van der Waals surface area (Å²) in [6, 6.07) is 0. The Balaban J connectivity index is 1.04. The quantitative estimate of drug-likeness (QED) is 0.0902. The maximum Gasteiger partial charge on any atom is 0.334 e. The van der Waals surface area contributed by atoms with E-state index >= 15 is 0 Å². The lowest BCUT2D eigenvalue weighted by molar-refractivity contribution is -0.144. The van der Waals surface area contributed by atoms with Gasteiger partial charge in [-0.25, -0.2) is 9.59 Å². The monoisotopic (exact) mass is 632 g/mol. The molecular formula is C31H41FN4O9. The summed E-state index contributed by atoms with van der Waals surface area (Å²) in [5.41, 5.74) is -0.916. The highest BCUT2D eigenvalue weighted by Gasteiger charge is 2.61. The summed E-state index contributed by atoms with van der Waals surface area (Å²) < 4.78 is 31.0. The van der Waals surface area contributed by atoms with Gasteiger partial charge in [-0.3, -0.25) is 28.7 Å². The lowest BCUT2D eigenvalue weighted by Crippen LogP contribution is -2.37. The number of halogens is 1. The number of hydrogen-bond acceptors (Lipinski definition) is 9. The molecule has 1 aromatic heterocycles. The van der Waals surface area contributed by atoms with Crippen LogP contribution in [-0.2, 0) is 39.9 Å². The molecule has 0 aromatic carbocycles. The van der Waals surface area contributed by atoms with E-state index in [1.54, 1.807) is 4.98 Å². The number of rotatable bonds is 14. The predicted octanol–water partition coefficient (Wildman–Crippen LogP) is 1.55. The number of carbonyl (C=O) groups is 4. The van der Waals surface area contributed by atoms with Gasteiger partial charge in [-0.1, -0.05) is 25.5 Å². The van der Waals surface area contributed by atoms with Crippen LogP contribution in [0.2, 0.25) is 0 Å². The van der Waals surface area contributed by atoms with Gasteiger partial charge in [0.05, 0.1) is 18.2 Å². The molecule has 0 bridgehead atoms. The van der Waals surface area contributed by atoms with Crippen LogP contribution in [0.25, 0.3) is 0 Å². The number of unbranched alkanes of at least 4 members (excludes halogenated alkanes) is 3. The highest BCUT2D eigenvalue weighted by atomic mass is 19.1. The van der Waals surface area contributed by atoms with E-state index in [1.807, 2.05) is 6.92 Å². The number of carbonyl (C=O) groups excluding carboxylic acids is 4. The van der Waals surface area contributed by atoms with E-state index in [-0.39, 0.29) is 55.1 Å². The van der Waals surface area contributed by atoms with Crippen LogP contribution in [0.5, 0.6) is 0 Å². The Hall–Kier alpha value is -4.07. The molecular weight excluding hydrogens is 591 g/mol. The number of H-pyrrole nitrogens is 1. The van der Waals surface area contributed by atoms with Crippen molar-refractivity contribution in [2.45, 2.75) is 95.5 Å². The summed E-state index contributed by atoms with van der Waals surface area (Å²) in [6.07, 6.45) is 8.11. The van der Waals surface area contributed by atoms with Crippen molar-refractivity contribution in [3.8, 4) is 0 Å². The van der Waals surface area contributed by atoms with E-state index in [0.29, 0.717) is 44.1 Å². The Bertz CT molecular complexity index is 1450. The van der Waals surface area contributed by atoms with Gasteiger partial charge in [0.25, 0.3) is 5.56 Å².